The number of ether oxygens (including phenoxy) is 1. The summed E-state index contributed by atoms with van der Waals surface area (Å²) in [5.41, 5.74) is -0.323. The maximum absolute atomic E-state index is 12.3. The number of alkyl halides is 3. The summed E-state index contributed by atoms with van der Waals surface area (Å²) in [6.45, 7) is 0. The highest BCUT2D eigenvalue weighted by Gasteiger charge is 2.29. The molecule has 0 aliphatic rings. The second-order valence-corrected chi connectivity index (χ2v) is 5.05. The van der Waals surface area contributed by atoms with Gasteiger partial charge in [0.15, 0.2) is 5.78 Å². The molecule has 0 N–H and O–H groups in total. The van der Waals surface area contributed by atoms with Crippen molar-refractivity contribution in [2.24, 2.45) is 0 Å². The molecule has 0 radical (unpaired) electrons. The molecule has 0 spiro atoms. The van der Waals surface area contributed by atoms with Crippen molar-refractivity contribution in [3.8, 4) is 17.8 Å². The highest BCUT2D eigenvalue weighted by Crippen LogP contribution is 2.29. The van der Waals surface area contributed by atoms with E-state index in [1.165, 1.54) is 30.6 Å². The molecule has 24 heavy (non-hydrogen) atoms. The van der Waals surface area contributed by atoms with Crippen LogP contribution < -0.4 is 4.74 Å². The van der Waals surface area contributed by atoms with Gasteiger partial charge in [-0.25, -0.2) is 9.97 Å². The first-order valence-corrected chi connectivity index (χ1v) is 6.96. The van der Waals surface area contributed by atoms with Crippen LogP contribution in [0.15, 0.2) is 30.6 Å². The molecule has 0 bridgehead atoms. The second-order valence-electron chi connectivity index (χ2n) is 4.61. The number of hydrogen-bond acceptors (Lipinski definition) is 5. The average molecular weight is 356 g/mol. The van der Waals surface area contributed by atoms with Gasteiger partial charge in [-0.2, -0.15) is 18.4 Å². The Bertz CT molecular complexity index is 786. The maximum Gasteiger partial charge on any atom is 0.389 e. The molecule has 0 unspecified atom stereocenters. The Balaban J connectivity index is 2.33. The highest BCUT2D eigenvalue weighted by molar-refractivity contribution is 6.30. The third-order valence-corrected chi connectivity index (χ3v) is 3.05. The number of hydrogen-bond donors (Lipinski definition) is 0. The van der Waals surface area contributed by atoms with Gasteiger partial charge in [0.2, 0.25) is 0 Å². The van der Waals surface area contributed by atoms with Crippen LogP contribution in [-0.2, 0) is 0 Å². The predicted molar refractivity (Wildman–Crippen MR) is 77.9 cm³/mol. The average Bonchev–Trinajstić information content (AvgIpc) is 2.54. The molecule has 2 rings (SSSR count). The van der Waals surface area contributed by atoms with E-state index < -0.39 is 24.8 Å². The number of halogens is 4. The Morgan fingerprint density at radius 3 is 2.54 bits per heavy atom. The van der Waals surface area contributed by atoms with Crippen LogP contribution in [-0.4, -0.2) is 21.9 Å². The van der Waals surface area contributed by atoms with E-state index >= 15 is 0 Å². The first-order chi connectivity index (χ1) is 11.3. The van der Waals surface area contributed by atoms with Crippen molar-refractivity contribution in [1.82, 2.24) is 9.97 Å². The molecule has 0 aliphatic carbocycles. The number of nitrogens with zero attached hydrogens (tertiary/aromatic N) is 3. The van der Waals surface area contributed by atoms with E-state index in [4.69, 9.17) is 21.6 Å². The van der Waals surface area contributed by atoms with Gasteiger partial charge in [0.05, 0.1) is 35.0 Å². The van der Waals surface area contributed by atoms with Gasteiger partial charge in [0.1, 0.15) is 11.8 Å². The highest BCUT2D eigenvalue weighted by atomic mass is 35.5. The summed E-state index contributed by atoms with van der Waals surface area (Å²) >= 11 is 5.64. The lowest BCUT2D eigenvalue weighted by Gasteiger charge is -2.11. The minimum atomic E-state index is -4.47. The van der Waals surface area contributed by atoms with Crippen molar-refractivity contribution < 1.29 is 22.7 Å². The number of carbonyl (C=O) groups excluding carboxylic acids is 1. The molecule has 0 amide bonds. The van der Waals surface area contributed by atoms with Crippen LogP contribution in [0.25, 0.3) is 0 Å². The fourth-order valence-electron chi connectivity index (χ4n) is 1.83. The third kappa shape index (κ3) is 4.67. The first kappa shape index (κ1) is 17.7. The van der Waals surface area contributed by atoms with Gasteiger partial charge in [0, 0.05) is 6.42 Å². The molecule has 1 heterocycles. The second kappa shape index (κ2) is 7.27. The van der Waals surface area contributed by atoms with E-state index in [9.17, 15) is 18.0 Å². The fraction of sp³-hybridized carbons (Fsp3) is 0.200. The van der Waals surface area contributed by atoms with Crippen LogP contribution in [0.2, 0.25) is 5.02 Å². The summed E-state index contributed by atoms with van der Waals surface area (Å²) in [4.78, 5) is 19.7. The molecule has 2 aromatic rings. The maximum atomic E-state index is 12.3. The Morgan fingerprint density at radius 2 is 1.96 bits per heavy atom. The van der Waals surface area contributed by atoms with Crippen molar-refractivity contribution in [1.29, 1.82) is 5.26 Å². The van der Waals surface area contributed by atoms with Crippen molar-refractivity contribution in [2.45, 2.75) is 19.0 Å². The summed E-state index contributed by atoms with van der Waals surface area (Å²) in [6.07, 6.45) is -4.05. The van der Waals surface area contributed by atoms with Crippen LogP contribution in [0, 0.1) is 11.3 Å². The summed E-state index contributed by atoms with van der Waals surface area (Å²) in [6, 6.07) is 5.71. The molecular weight excluding hydrogens is 347 g/mol. The van der Waals surface area contributed by atoms with Crippen LogP contribution >= 0.6 is 11.6 Å². The summed E-state index contributed by atoms with van der Waals surface area (Å²) in [5.74, 6) is -0.947. The number of Topliss-reactive ketones (excluding diaryl/α,β-unsaturated/α-hetero) is 1. The molecule has 0 fully saturated rings. The normalized spacial score (nSPS) is 11.0. The Kier molecular flexibility index (Phi) is 5.36. The topological polar surface area (TPSA) is 75.9 Å². The molecule has 0 aliphatic heterocycles. The van der Waals surface area contributed by atoms with E-state index in [1.54, 1.807) is 6.07 Å². The zero-order chi connectivity index (χ0) is 17.7. The lowest BCUT2D eigenvalue weighted by Crippen LogP contribution is -2.12. The number of nitriles is 1. The third-order valence-electron chi connectivity index (χ3n) is 2.86. The number of ketones is 1. The van der Waals surface area contributed by atoms with Gasteiger partial charge < -0.3 is 4.74 Å². The Morgan fingerprint density at radius 1 is 1.29 bits per heavy atom. The monoisotopic (exact) mass is 355 g/mol. The number of carbonyl (C=O) groups is 1. The lowest BCUT2D eigenvalue weighted by atomic mass is 10.00. The lowest BCUT2D eigenvalue weighted by molar-refractivity contribution is -0.133. The van der Waals surface area contributed by atoms with Crippen molar-refractivity contribution in [3.05, 3.63) is 46.7 Å². The van der Waals surface area contributed by atoms with Crippen LogP contribution in [0.4, 0.5) is 13.2 Å². The van der Waals surface area contributed by atoms with E-state index in [2.05, 4.69) is 9.97 Å². The Hall–Kier alpha value is -2.66. The van der Waals surface area contributed by atoms with Gasteiger partial charge in [-0.3, -0.25) is 4.79 Å². The molecule has 1 aromatic heterocycles. The molecule has 0 saturated carbocycles. The quantitative estimate of drug-likeness (QED) is 0.746. The van der Waals surface area contributed by atoms with Crippen LogP contribution in [0.3, 0.4) is 0 Å². The number of rotatable bonds is 5. The molecule has 124 valence electrons. The number of aromatic nitrogens is 2. The van der Waals surface area contributed by atoms with Crippen LogP contribution in [0.5, 0.6) is 11.8 Å². The van der Waals surface area contributed by atoms with Gasteiger partial charge in [0.25, 0.3) is 0 Å². The van der Waals surface area contributed by atoms with E-state index in [0.717, 1.165) is 0 Å². The first-order valence-electron chi connectivity index (χ1n) is 6.58. The van der Waals surface area contributed by atoms with Crippen LogP contribution in [0.1, 0.15) is 28.8 Å². The Labute approximate surface area is 139 Å². The molecule has 0 atom stereocenters. The molecule has 1 aromatic carbocycles. The largest absolute Gasteiger partial charge is 0.423 e. The van der Waals surface area contributed by atoms with E-state index in [1.807, 2.05) is 0 Å². The summed E-state index contributed by atoms with van der Waals surface area (Å²) < 4.78 is 42.3. The van der Waals surface area contributed by atoms with E-state index in [-0.39, 0.29) is 27.9 Å². The molecule has 9 heteroatoms. The van der Waals surface area contributed by atoms with Gasteiger partial charge in [-0.05, 0) is 12.1 Å². The minimum absolute atomic E-state index is 0.0892. The zero-order valence-electron chi connectivity index (χ0n) is 12.0. The summed E-state index contributed by atoms with van der Waals surface area (Å²) in [7, 11) is 0. The zero-order valence-corrected chi connectivity index (χ0v) is 12.7. The summed E-state index contributed by atoms with van der Waals surface area (Å²) in [5, 5.41) is 9.35. The predicted octanol–water partition coefficient (Wildman–Crippen LogP) is 4.32. The smallest absolute Gasteiger partial charge is 0.389 e. The molecule has 0 saturated heterocycles. The van der Waals surface area contributed by atoms with Crippen molar-refractivity contribution >= 4 is 17.4 Å². The molecular formula is C15H9ClF3N3O2. The molecule has 5 nitrogen and oxygen atoms in total. The minimum Gasteiger partial charge on any atom is -0.423 e. The van der Waals surface area contributed by atoms with Gasteiger partial charge >= 0.3 is 12.2 Å². The fourth-order valence-corrected chi connectivity index (χ4v) is 1.93. The number of benzene rings is 1. The standard InChI is InChI=1S/C15H9ClF3N3O2/c16-10-7-21-14(22-8-10)24-12-3-1-2-9(6-20)13(12)11(23)4-5-15(17,18)19/h1-3,7-8H,4-5H2. The van der Waals surface area contributed by atoms with Crippen molar-refractivity contribution in [3.63, 3.8) is 0 Å². The van der Waals surface area contributed by atoms with E-state index in [0.29, 0.717) is 0 Å². The SMILES string of the molecule is N#Cc1cccc(Oc2ncc(Cl)cn2)c1C(=O)CCC(F)(F)F. The van der Waals surface area contributed by atoms with Crippen molar-refractivity contribution in [2.75, 3.05) is 0 Å². The van der Waals surface area contributed by atoms with Gasteiger partial charge in [-0.1, -0.05) is 17.7 Å². The van der Waals surface area contributed by atoms with Gasteiger partial charge in [-0.15, -0.1) is 0 Å².